The minimum absolute atomic E-state index is 0.708. The molecular formula is C49H60N6O2+2. The van der Waals surface area contributed by atoms with E-state index in [1.165, 1.54) is 0 Å². The van der Waals surface area contributed by atoms with Crippen LogP contribution in [0.25, 0.3) is 68.6 Å². The smallest absolute Gasteiger partial charge is 0.119 e. The van der Waals surface area contributed by atoms with Crippen LogP contribution in [0.4, 0.5) is 0 Å². The minimum atomic E-state index is 0.708. The second-order valence-corrected chi connectivity index (χ2v) is 15.6. The molecule has 0 fully saturated rings. The van der Waals surface area contributed by atoms with E-state index in [0.29, 0.717) is 13.2 Å². The zero-order valence-corrected chi connectivity index (χ0v) is 34.8. The Bertz CT molecular complexity index is 2350. The maximum atomic E-state index is 6.22. The Kier molecular flexibility index (Phi) is 12.4. The number of ether oxygens (including phenoxy) is 2. The Balaban J connectivity index is 1.19. The zero-order chi connectivity index (χ0) is 39.8. The summed E-state index contributed by atoms with van der Waals surface area (Å²) >= 11 is 0. The van der Waals surface area contributed by atoms with Crippen LogP contribution in [-0.4, -0.2) is 95.0 Å². The summed E-state index contributed by atoms with van der Waals surface area (Å²) in [5, 5.41) is 0. The van der Waals surface area contributed by atoms with Crippen LogP contribution in [-0.2, 0) is 0 Å². The molecule has 5 heterocycles. The topological polar surface area (TPSA) is 75.8 Å². The Morgan fingerprint density at radius 3 is 1.37 bits per heavy atom. The van der Waals surface area contributed by atoms with Crippen LogP contribution in [0.15, 0.2) is 84.9 Å². The molecule has 0 atom stereocenters. The molecule has 8 bridgehead atoms. The third-order valence-corrected chi connectivity index (χ3v) is 12.4. The van der Waals surface area contributed by atoms with Crippen molar-refractivity contribution in [3.63, 3.8) is 0 Å². The Hall–Kier alpha value is -5.44. The summed E-state index contributed by atoms with van der Waals surface area (Å²) < 4.78 is 14.6. The second kappa shape index (κ2) is 17.8. The first-order chi connectivity index (χ1) is 27.8. The lowest BCUT2D eigenvalue weighted by molar-refractivity contribution is -0.923. The normalized spacial score (nSPS) is 12.7. The maximum absolute atomic E-state index is 6.22. The number of quaternary nitrogens is 2. The van der Waals surface area contributed by atoms with E-state index in [9.17, 15) is 0 Å². The molecule has 0 saturated carbocycles. The molecule has 0 saturated heterocycles. The highest BCUT2D eigenvalue weighted by Gasteiger charge is 2.20. The summed E-state index contributed by atoms with van der Waals surface area (Å²) in [5.41, 5.74) is 11.7. The van der Waals surface area contributed by atoms with Gasteiger partial charge in [-0.25, -0.2) is 9.97 Å². The quantitative estimate of drug-likeness (QED) is 0.0715. The third kappa shape index (κ3) is 9.25. The summed E-state index contributed by atoms with van der Waals surface area (Å²) in [5.74, 6) is 1.77. The molecule has 2 aromatic carbocycles. The number of aromatic nitrogens is 4. The Morgan fingerprint density at radius 2 is 0.947 bits per heavy atom. The van der Waals surface area contributed by atoms with Gasteiger partial charge in [-0.3, -0.25) is 0 Å². The SMILES string of the molecule is CC[N+](C)(CC)CCCOc1ccc(-c2c3nc(cc4ccc([nH]4)c(-c4ccc(OCCC[N+](CC)(CC)CC)cc4)c4nc(cc5ccc2[nH]5)C=C4)C=C3)cc1. The van der Waals surface area contributed by atoms with Crippen LogP contribution >= 0.6 is 0 Å². The van der Waals surface area contributed by atoms with Crippen LogP contribution in [0.1, 0.15) is 70.2 Å². The largest absolute Gasteiger partial charge is 0.493 e. The predicted molar refractivity (Wildman–Crippen MR) is 239 cm³/mol. The van der Waals surface area contributed by atoms with Gasteiger partial charge in [0, 0.05) is 46.0 Å². The van der Waals surface area contributed by atoms with Gasteiger partial charge in [-0.05, 0) is 131 Å². The number of rotatable bonds is 17. The van der Waals surface area contributed by atoms with E-state index in [2.05, 4.69) is 161 Å². The molecular weight excluding hydrogens is 705 g/mol. The van der Waals surface area contributed by atoms with Crippen molar-refractivity contribution in [2.75, 3.05) is 66.1 Å². The number of H-pyrrole nitrogens is 2. The number of aromatic amines is 2. The number of nitrogens with zero attached hydrogens (tertiary/aromatic N) is 4. The first-order valence-corrected chi connectivity index (χ1v) is 21.0. The van der Waals surface area contributed by atoms with Crippen LogP contribution in [0.3, 0.4) is 0 Å². The van der Waals surface area contributed by atoms with Gasteiger partial charge in [0.15, 0.2) is 0 Å². The highest BCUT2D eigenvalue weighted by Crippen LogP contribution is 2.33. The van der Waals surface area contributed by atoms with E-state index in [1.54, 1.807) is 0 Å². The lowest BCUT2D eigenvalue weighted by Crippen LogP contribution is -2.48. The average molecular weight is 765 g/mol. The number of hydrogen-bond acceptors (Lipinski definition) is 4. The lowest BCUT2D eigenvalue weighted by Gasteiger charge is -2.35. The van der Waals surface area contributed by atoms with E-state index in [4.69, 9.17) is 19.4 Å². The molecule has 0 spiro atoms. The fourth-order valence-electron chi connectivity index (χ4n) is 8.03. The fourth-order valence-corrected chi connectivity index (χ4v) is 8.03. The van der Waals surface area contributed by atoms with E-state index < -0.39 is 0 Å². The summed E-state index contributed by atoms with van der Waals surface area (Å²) in [6, 6.07) is 29.5. The van der Waals surface area contributed by atoms with Gasteiger partial charge in [-0.2, -0.15) is 0 Å². The number of benzene rings is 2. The summed E-state index contributed by atoms with van der Waals surface area (Å²) in [4.78, 5) is 17.6. The van der Waals surface area contributed by atoms with Crippen LogP contribution < -0.4 is 9.47 Å². The van der Waals surface area contributed by atoms with Gasteiger partial charge in [-0.1, -0.05) is 24.3 Å². The molecule has 5 aromatic rings. The summed E-state index contributed by atoms with van der Waals surface area (Å²) in [7, 11) is 2.32. The van der Waals surface area contributed by atoms with Crippen molar-refractivity contribution in [1.82, 2.24) is 19.9 Å². The predicted octanol–water partition coefficient (Wildman–Crippen LogP) is 10.9. The molecule has 3 aromatic heterocycles. The minimum Gasteiger partial charge on any atom is -0.493 e. The number of hydrogen-bond donors (Lipinski definition) is 2. The lowest BCUT2D eigenvalue weighted by atomic mass is 10.0. The van der Waals surface area contributed by atoms with E-state index in [0.717, 1.165) is 146 Å². The van der Waals surface area contributed by atoms with Crippen LogP contribution in [0.2, 0.25) is 0 Å². The molecule has 0 amide bonds. The van der Waals surface area contributed by atoms with Gasteiger partial charge >= 0.3 is 0 Å². The Labute approximate surface area is 338 Å². The van der Waals surface area contributed by atoms with E-state index in [1.807, 2.05) is 0 Å². The van der Waals surface area contributed by atoms with Crippen molar-refractivity contribution in [2.24, 2.45) is 0 Å². The van der Waals surface area contributed by atoms with Crippen molar-refractivity contribution in [3.05, 3.63) is 108 Å². The first-order valence-electron chi connectivity index (χ1n) is 21.0. The van der Waals surface area contributed by atoms with Crippen molar-refractivity contribution in [3.8, 4) is 33.8 Å². The molecule has 0 aliphatic carbocycles. The van der Waals surface area contributed by atoms with Gasteiger partial charge in [0.1, 0.15) is 11.5 Å². The highest BCUT2D eigenvalue weighted by molar-refractivity contribution is 5.93. The van der Waals surface area contributed by atoms with Gasteiger partial charge in [-0.15, -0.1) is 0 Å². The molecule has 296 valence electrons. The average Bonchev–Trinajstić information content (AvgIpc) is 4.09. The molecule has 2 aliphatic rings. The molecule has 8 heteroatoms. The zero-order valence-electron chi connectivity index (χ0n) is 34.8. The Morgan fingerprint density at radius 1 is 0.509 bits per heavy atom. The number of nitrogens with one attached hydrogen (secondary N) is 2. The molecule has 0 radical (unpaired) electrons. The highest BCUT2D eigenvalue weighted by atomic mass is 16.5. The molecule has 0 unspecified atom stereocenters. The van der Waals surface area contributed by atoms with Crippen LogP contribution in [0.5, 0.6) is 11.5 Å². The van der Waals surface area contributed by atoms with Crippen molar-refractivity contribution < 1.29 is 18.4 Å². The molecule has 57 heavy (non-hydrogen) atoms. The van der Waals surface area contributed by atoms with E-state index in [-0.39, 0.29) is 0 Å². The third-order valence-electron chi connectivity index (χ3n) is 12.4. The van der Waals surface area contributed by atoms with Crippen molar-refractivity contribution >= 4 is 46.4 Å². The molecule has 8 nitrogen and oxygen atoms in total. The first kappa shape index (κ1) is 39.8. The molecule has 7 rings (SSSR count). The maximum Gasteiger partial charge on any atom is 0.119 e. The second-order valence-electron chi connectivity index (χ2n) is 15.6. The summed E-state index contributed by atoms with van der Waals surface area (Å²) in [6.45, 7) is 20.8. The van der Waals surface area contributed by atoms with E-state index >= 15 is 0 Å². The van der Waals surface area contributed by atoms with Gasteiger partial charge in [0.25, 0.3) is 0 Å². The van der Waals surface area contributed by atoms with Crippen molar-refractivity contribution in [2.45, 2.75) is 47.5 Å². The summed E-state index contributed by atoms with van der Waals surface area (Å²) in [6.07, 6.45) is 10.4. The van der Waals surface area contributed by atoms with Gasteiger partial charge in [0.2, 0.25) is 0 Å². The molecule has 2 N–H and O–H groups in total. The van der Waals surface area contributed by atoms with Crippen molar-refractivity contribution in [1.29, 1.82) is 0 Å². The van der Waals surface area contributed by atoms with Gasteiger partial charge < -0.3 is 28.4 Å². The standard InChI is InChI=1S/C49H60N6O2/c1-7-54(6,8-2)30-12-32-56-42-22-14-36(15-23-42)48-44-26-18-38(50-44)34-40-20-28-46(52-40)49(47-29-21-41(53-47)35-39-19-27-45(48)51-39)37-16-24-43(25-17-37)57-33-13-31-55(9-3,10-4)11-5/h14-29,34-35,50,53H,7-13,30-33H2,1-6H3/q+2. The monoisotopic (exact) mass is 764 g/mol. The van der Waals surface area contributed by atoms with Crippen LogP contribution in [0, 0.1) is 0 Å². The van der Waals surface area contributed by atoms with Gasteiger partial charge in [0.05, 0.1) is 88.9 Å². The number of fused-ring (bicyclic) bond motifs is 8. The molecule has 2 aliphatic heterocycles. The fraction of sp³-hybridized carbons (Fsp3) is 0.347.